The maximum atomic E-state index is 12.0. The summed E-state index contributed by atoms with van der Waals surface area (Å²) in [7, 11) is -3.71. The van der Waals surface area contributed by atoms with Crippen LogP contribution in [0.5, 0.6) is 0 Å². The third kappa shape index (κ3) is 4.81. The zero-order valence-corrected chi connectivity index (χ0v) is 12.1. The van der Waals surface area contributed by atoms with Crippen LogP contribution in [0.1, 0.15) is 24.8 Å². The SMILES string of the molecule is Cc1ccc(S(=O)(=O)N(Cl)CCCCC(=O)O)cc1. The third-order valence-electron chi connectivity index (χ3n) is 2.55. The highest BCUT2D eigenvalue weighted by Gasteiger charge is 2.22. The van der Waals surface area contributed by atoms with E-state index in [-0.39, 0.29) is 17.9 Å². The van der Waals surface area contributed by atoms with Gasteiger partial charge in [0.2, 0.25) is 0 Å². The number of nitrogens with zero attached hydrogens (tertiary/aromatic N) is 1. The van der Waals surface area contributed by atoms with Gasteiger partial charge >= 0.3 is 5.97 Å². The van der Waals surface area contributed by atoms with E-state index in [9.17, 15) is 13.2 Å². The molecule has 1 N–H and O–H groups in total. The Kier molecular flexibility index (Phi) is 5.78. The van der Waals surface area contributed by atoms with Gasteiger partial charge in [0.25, 0.3) is 10.0 Å². The second-order valence-electron chi connectivity index (χ2n) is 4.18. The first-order chi connectivity index (χ1) is 8.84. The first kappa shape index (κ1) is 15.9. The van der Waals surface area contributed by atoms with Gasteiger partial charge in [0.15, 0.2) is 0 Å². The molecule has 0 amide bonds. The molecule has 0 saturated heterocycles. The minimum Gasteiger partial charge on any atom is -0.481 e. The normalized spacial score (nSPS) is 11.7. The number of rotatable bonds is 7. The zero-order valence-electron chi connectivity index (χ0n) is 10.5. The second kappa shape index (κ2) is 6.88. The Morgan fingerprint density at radius 3 is 2.37 bits per heavy atom. The number of sulfonamides is 1. The quantitative estimate of drug-likeness (QED) is 0.620. The van der Waals surface area contributed by atoms with E-state index in [2.05, 4.69) is 0 Å². The van der Waals surface area contributed by atoms with E-state index < -0.39 is 16.0 Å². The molecule has 0 spiro atoms. The van der Waals surface area contributed by atoms with Crippen LogP contribution in [0.3, 0.4) is 0 Å². The Morgan fingerprint density at radius 1 is 1.26 bits per heavy atom. The highest BCUT2D eigenvalue weighted by atomic mass is 35.5. The predicted octanol–water partition coefficient (Wildman–Crippen LogP) is 2.39. The first-order valence-electron chi connectivity index (χ1n) is 5.81. The molecule has 0 heterocycles. The van der Waals surface area contributed by atoms with Crippen molar-refractivity contribution in [1.29, 1.82) is 0 Å². The Hall–Kier alpha value is -1.11. The lowest BCUT2D eigenvalue weighted by molar-refractivity contribution is -0.137. The topological polar surface area (TPSA) is 74.7 Å². The molecule has 106 valence electrons. The fraction of sp³-hybridized carbons (Fsp3) is 0.417. The summed E-state index contributed by atoms with van der Waals surface area (Å²) >= 11 is 5.76. The molecule has 0 aliphatic carbocycles. The van der Waals surface area contributed by atoms with E-state index in [1.165, 1.54) is 12.1 Å². The largest absolute Gasteiger partial charge is 0.481 e. The summed E-state index contributed by atoms with van der Waals surface area (Å²) in [6.45, 7) is 1.95. The minimum atomic E-state index is -3.71. The molecule has 0 aliphatic heterocycles. The predicted molar refractivity (Wildman–Crippen MR) is 72.4 cm³/mol. The number of carboxylic acid groups (broad SMARTS) is 1. The van der Waals surface area contributed by atoms with E-state index >= 15 is 0 Å². The monoisotopic (exact) mass is 305 g/mol. The van der Waals surface area contributed by atoms with Crippen LogP contribution in [0, 0.1) is 6.92 Å². The maximum Gasteiger partial charge on any atom is 0.303 e. The van der Waals surface area contributed by atoms with Gasteiger partial charge in [-0.1, -0.05) is 17.7 Å². The Morgan fingerprint density at radius 2 is 1.84 bits per heavy atom. The summed E-state index contributed by atoms with van der Waals surface area (Å²) in [5, 5.41) is 8.48. The van der Waals surface area contributed by atoms with Crippen molar-refractivity contribution in [2.45, 2.75) is 31.1 Å². The summed E-state index contributed by atoms with van der Waals surface area (Å²) in [5.74, 6) is -0.900. The molecule has 0 atom stereocenters. The molecule has 0 bridgehead atoms. The molecule has 5 nitrogen and oxygen atoms in total. The van der Waals surface area contributed by atoms with Crippen LogP contribution in [0.25, 0.3) is 0 Å². The number of halogens is 1. The van der Waals surface area contributed by atoms with Gasteiger partial charge in [0, 0.05) is 13.0 Å². The van der Waals surface area contributed by atoms with Crippen molar-refractivity contribution >= 4 is 27.8 Å². The molecule has 7 heteroatoms. The number of hydrogen-bond donors (Lipinski definition) is 1. The van der Waals surface area contributed by atoms with Gasteiger partial charge in [-0.25, -0.2) is 8.42 Å². The summed E-state index contributed by atoms with van der Waals surface area (Å²) in [6, 6.07) is 6.39. The first-order valence-corrected chi connectivity index (χ1v) is 7.59. The van der Waals surface area contributed by atoms with Gasteiger partial charge in [-0.05, 0) is 43.7 Å². The molecule has 0 unspecified atom stereocenters. The lowest BCUT2D eigenvalue weighted by Gasteiger charge is -2.14. The summed E-state index contributed by atoms with van der Waals surface area (Å²) in [4.78, 5) is 10.5. The lowest BCUT2D eigenvalue weighted by Crippen LogP contribution is -2.23. The summed E-state index contributed by atoms with van der Waals surface area (Å²) in [6.07, 6.45) is 0.804. The molecule has 0 saturated carbocycles. The van der Waals surface area contributed by atoms with Gasteiger partial charge in [-0.3, -0.25) is 4.79 Å². The van der Waals surface area contributed by atoms with Crippen molar-refractivity contribution < 1.29 is 18.3 Å². The van der Waals surface area contributed by atoms with Crippen molar-refractivity contribution in [1.82, 2.24) is 3.82 Å². The summed E-state index contributed by atoms with van der Waals surface area (Å²) in [5.41, 5.74) is 0.960. The Balaban J connectivity index is 2.61. The van der Waals surface area contributed by atoms with Crippen molar-refractivity contribution in [3.8, 4) is 0 Å². The fourth-order valence-electron chi connectivity index (χ4n) is 1.46. The standard InChI is InChI=1S/C12H16ClNO4S/c1-10-5-7-11(8-6-10)19(17,18)14(13)9-3-2-4-12(15)16/h5-8H,2-4,9H2,1H3,(H,15,16). The molecule has 0 aliphatic rings. The van der Waals surface area contributed by atoms with Crippen LogP contribution in [-0.2, 0) is 14.8 Å². The molecule has 0 fully saturated rings. The van der Waals surface area contributed by atoms with Crippen LogP contribution in [0.4, 0.5) is 0 Å². The molecule has 1 rings (SSSR count). The van der Waals surface area contributed by atoms with Crippen LogP contribution < -0.4 is 0 Å². The molecule has 0 radical (unpaired) electrons. The lowest BCUT2D eigenvalue weighted by atomic mass is 10.2. The van der Waals surface area contributed by atoms with Crippen LogP contribution >= 0.6 is 11.8 Å². The Labute approximate surface area is 118 Å². The number of benzene rings is 1. The van der Waals surface area contributed by atoms with Gasteiger partial charge in [-0.2, -0.15) is 0 Å². The summed E-state index contributed by atoms with van der Waals surface area (Å²) < 4.78 is 24.8. The van der Waals surface area contributed by atoms with Gasteiger partial charge in [-0.15, -0.1) is 3.82 Å². The number of carboxylic acids is 1. The molecule has 19 heavy (non-hydrogen) atoms. The van der Waals surface area contributed by atoms with E-state index in [4.69, 9.17) is 16.9 Å². The van der Waals surface area contributed by atoms with Crippen molar-refractivity contribution in [2.75, 3.05) is 6.54 Å². The van der Waals surface area contributed by atoms with Crippen LogP contribution in [-0.4, -0.2) is 29.9 Å². The van der Waals surface area contributed by atoms with Crippen molar-refractivity contribution in [3.05, 3.63) is 29.8 Å². The van der Waals surface area contributed by atoms with E-state index in [1.807, 2.05) is 6.92 Å². The van der Waals surface area contributed by atoms with E-state index in [0.29, 0.717) is 12.8 Å². The number of hydrogen-bond acceptors (Lipinski definition) is 3. The van der Waals surface area contributed by atoms with E-state index in [1.54, 1.807) is 12.1 Å². The number of carbonyl (C=O) groups is 1. The molecular weight excluding hydrogens is 290 g/mol. The molecule has 1 aromatic rings. The van der Waals surface area contributed by atoms with E-state index in [0.717, 1.165) is 9.39 Å². The van der Waals surface area contributed by atoms with Crippen molar-refractivity contribution in [3.63, 3.8) is 0 Å². The van der Waals surface area contributed by atoms with Gasteiger partial charge in [0.05, 0.1) is 4.90 Å². The molecule has 0 aromatic heterocycles. The van der Waals surface area contributed by atoms with Gasteiger partial charge < -0.3 is 5.11 Å². The maximum absolute atomic E-state index is 12.0. The van der Waals surface area contributed by atoms with Crippen LogP contribution in [0.15, 0.2) is 29.2 Å². The molecular formula is C12H16ClNO4S. The zero-order chi connectivity index (χ0) is 14.5. The smallest absolute Gasteiger partial charge is 0.303 e. The van der Waals surface area contributed by atoms with Crippen LogP contribution in [0.2, 0.25) is 0 Å². The Bertz CT molecular complexity index is 527. The fourth-order valence-corrected chi connectivity index (χ4v) is 2.89. The average Bonchev–Trinajstić information content (AvgIpc) is 2.34. The highest BCUT2D eigenvalue weighted by Crippen LogP contribution is 2.18. The average molecular weight is 306 g/mol. The second-order valence-corrected chi connectivity index (χ2v) is 6.65. The van der Waals surface area contributed by atoms with Crippen molar-refractivity contribution in [2.24, 2.45) is 0 Å². The minimum absolute atomic E-state index is 0.00923. The highest BCUT2D eigenvalue weighted by molar-refractivity contribution is 7.90. The number of aryl methyl sites for hydroxylation is 1. The number of unbranched alkanes of at least 4 members (excludes halogenated alkanes) is 1. The van der Waals surface area contributed by atoms with Gasteiger partial charge in [0.1, 0.15) is 0 Å². The molecule has 1 aromatic carbocycles. The third-order valence-corrected chi connectivity index (χ3v) is 4.84. The number of aliphatic carboxylic acids is 1.